The highest BCUT2D eigenvalue weighted by atomic mass is 16.7. The summed E-state index contributed by atoms with van der Waals surface area (Å²) >= 11 is 0. The lowest BCUT2D eigenvalue weighted by Gasteiger charge is -2.32. The normalized spacial score (nSPS) is 26.3. The van der Waals surface area contributed by atoms with Crippen molar-refractivity contribution in [2.24, 2.45) is 0 Å². The van der Waals surface area contributed by atoms with Gasteiger partial charge in [0.1, 0.15) is 0 Å². The first-order chi connectivity index (χ1) is 8.41. The van der Waals surface area contributed by atoms with Crippen molar-refractivity contribution in [2.45, 2.75) is 44.9 Å². The SMILES string of the molecule is CC1(C)OB(c2ccnn2C2COC2)OC1(C)C. The molecule has 0 bridgehead atoms. The molecule has 0 radical (unpaired) electrons. The van der Waals surface area contributed by atoms with Gasteiger partial charge in [0.2, 0.25) is 0 Å². The van der Waals surface area contributed by atoms with Crippen LogP contribution < -0.4 is 5.59 Å². The van der Waals surface area contributed by atoms with Crippen LogP contribution in [0.15, 0.2) is 12.3 Å². The summed E-state index contributed by atoms with van der Waals surface area (Å²) in [6, 6.07) is 2.27. The molecule has 2 saturated heterocycles. The zero-order valence-electron chi connectivity index (χ0n) is 11.3. The van der Waals surface area contributed by atoms with E-state index in [4.69, 9.17) is 14.0 Å². The van der Waals surface area contributed by atoms with Crippen LogP contribution in [0.1, 0.15) is 33.7 Å². The van der Waals surface area contributed by atoms with Crippen LogP contribution in [-0.4, -0.2) is 41.3 Å². The van der Waals surface area contributed by atoms with Crippen molar-refractivity contribution in [3.8, 4) is 0 Å². The molecule has 2 aliphatic rings. The van der Waals surface area contributed by atoms with Gasteiger partial charge in [0.15, 0.2) is 0 Å². The Morgan fingerprint density at radius 2 is 1.83 bits per heavy atom. The quantitative estimate of drug-likeness (QED) is 0.727. The molecule has 3 rings (SSSR count). The van der Waals surface area contributed by atoms with E-state index in [2.05, 4.69) is 32.8 Å². The van der Waals surface area contributed by atoms with Crippen molar-refractivity contribution < 1.29 is 14.0 Å². The van der Waals surface area contributed by atoms with Crippen LogP contribution in [0.5, 0.6) is 0 Å². The molecule has 3 heterocycles. The summed E-state index contributed by atoms with van der Waals surface area (Å²) in [5, 5.41) is 4.35. The van der Waals surface area contributed by atoms with Crippen LogP contribution in [0.2, 0.25) is 0 Å². The summed E-state index contributed by atoms with van der Waals surface area (Å²) in [6.07, 6.45) is 1.79. The van der Waals surface area contributed by atoms with Crippen molar-refractivity contribution in [2.75, 3.05) is 13.2 Å². The molecule has 1 aromatic heterocycles. The standard InChI is InChI=1S/C12H19BN2O3/c1-11(2)12(3,4)18-13(17-11)10-5-6-14-15(10)9-7-16-8-9/h5-6,9H,7-8H2,1-4H3. The van der Waals surface area contributed by atoms with Crippen LogP contribution in [-0.2, 0) is 14.0 Å². The lowest BCUT2D eigenvalue weighted by molar-refractivity contribution is -0.0275. The van der Waals surface area contributed by atoms with Crippen LogP contribution in [0.4, 0.5) is 0 Å². The molecule has 0 N–H and O–H groups in total. The first-order valence-electron chi connectivity index (χ1n) is 6.37. The van der Waals surface area contributed by atoms with E-state index < -0.39 is 0 Å². The fraction of sp³-hybridized carbons (Fsp3) is 0.750. The van der Waals surface area contributed by atoms with Crippen LogP contribution in [0.3, 0.4) is 0 Å². The molecular weight excluding hydrogens is 231 g/mol. The molecule has 1 aromatic rings. The first-order valence-corrected chi connectivity index (χ1v) is 6.37. The lowest BCUT2D eigenvalue weighted by atomic mass is 9.84. The van der Waals surface area contributed by atoms with Crippen molar-refractivity contribution >= 4 is 12.7 Å². The molecule has 0 aromatic carbocycles. The van der Waals surface area contributed by atoms with Gasteiger partial charge in [-0.15, -0.1) is 0 Å². The molecule has 2 aliphatic heterocycles. The number of ether oxygens (including phenoxy) is 1. The Bertz CT molecular complexity index is 438. The summed E-state index contributed by atoms with van der Waals surface area (Å²) < 4.78 is 19.3. The zero-order chi connectivity index (χ0) is 13.0. The first kappa shape index (κ1) is 12.2. The second kappa shape index (κ2) is 3.82. The van der Waals surface area contributed by atoms with Crippen LogP contribution in [0.25, 0.3) is 0 Å². The minimum absolute atomic E-state index is 0.314. The molecule has 0 aliphatic carbocycles. The van der Waals surface area contributed by atoms with Crippen molar-refractivity contribution in [1.29, 1.82) is 0 Å². The molecule has 98 valence electrons. The van der Waals surface area contributed by atoms with Gasteiger partial charge in [0.25, 0.3) is 0 Å². The highest BCUT2D eigenvalue weighted by Crippen LogP contribution is 2.36. The number of nitrogens with zero attached hydrogens (tertiary/aromatic N) is 2. The van der Waals surface area contributed by atoms with E-state index in [-0.39, 0.29) is 18.3 Å². The third-order valence-electron chi connectivity index (χ3n) is 4.16. The summed E-state index contributed by atoms with van der Waals surface area (Å²) in [6.45, 7) is 9.66. The highest BCUT2D eigenvalue weighted by molar-refractivity contribution is 6.61. The summed E-state index contributed by atoms with van der Waals surface area (Å²) in [4.78, 5) is 0. The second-order valence-electron chi connectivity index (χ2n) is 5.98. The predicted octanol–water partition coefficient (Wildman–Crippen LogP) is 0.754. The molecular formula is C12H19BN2O3. The van der Waals surface area contributed by atoms with Gasteiger partial charge >= 0.3 is 7.12 Å². The average molecular weight is 250 g/mol. The fourth-order valence-corrected chi connectivity index (χ4v) is 2.14. The third kappa shape index (κ3) is 1.71. The zero-order valence-corrected chi connectivity index (χ0v) is 11.3. The summed E-state index contributed by atoms with van der Waals surface area (Å²) in [5.74, 6) is 0. The predicted molar refractivity (Wildman–Crippen MR) is 67.8 cm³/mol. The average Bonchev–Trinajstić information content (AvgIpc) is 2.68. The van der Waals surface area contributed by atoms with Crippen molar-refractivity contribution in [1.82, 2.24) is 9.78 Å². The Balaban J connectivity index is 1.86. The van der Waals surface area contributed by atoms with Crippen molar-refractivity contribution in [3.63, 3.8) is 0 Å². The van der Waals surface area contributed by atoms with E-state index in [1.165, 1.54) is 0 Å². The maximum absolute atomic E-state index is 6.04. The smallest absolute Gasteiger partial charge is 0.398 e. The fourth-order valence-electron chi connectivity index (χ4n) is 2.14. The monoisotopic (exact) mass is 250 g/mol. The molecule has 0 saturated carbocycles. The highest BCUT2D eigenvalue weighted by Gasteiger charge is 2.53. The molecule has 2 fully saturated rings. The Labute approximate surface area is 108 Å². The number of rotatable bonds is 2. The van der Waals surface area contributed by atoms with Crippen molar-refractivity contribution in [3.05, 3.63) is 12.3 Å². The topological polar surface area (TPSA) is 45.5 Å². The third-order valence-corrected chi connectivity index (χ3v) is 4.16. The molecule has 18 heavy (non-hydrogen) atoms. The molecule has 0 atom stereocenters. The van der Waals surface area contributed by atoms with E-state index in [1.807, 2.05) is 10.7 Å². The van der Waals surface area contributed by atoms with Gasteiger partial charge in [-0.1, -0.05) is 0 Å². The largest absolute Gasteiger partial charge is 0.514 e. The van der Waals surface area contributed by atoms with Gasteiger partial charge in [-0.3, -0.25) is 4.68 Å². The van der Waals surface area contributed by atoms with E-state index in [9.17, 15) is 0 Å². The van der Waals surface area contributed by atoms with Crippen LogP contribution >= 0.6 is 0 Å². The number of hydrogen-bond acceptors (Lipinski definition) is 4. The van der Waals surface area contributed by atoms with Gasteiger partial charge in [-0.25, -0.2) is 0 Å². The Morgan fingerprint density at radius 1 is 1.22 bits per heavy atom. The molecule has 0 amide bonds. The summed E-state index contributed by atoms with van der Waals surface area (Å²) in [5.41, 5.74) is 0.341. The van der Waals surface area contributed by atoms with Gasteiger partial charge in [0.05, 0.1) is 36.1 Å². The van der Waals surface area contributed by atoms with Gasteiger partial charge < -0.3 is 14.0 Å². The van der Waals surface area contributed by atoms with Gasteiger partial charge in [-0.05, 0) is 33.8 Å². The maximum atomic E-state index is 6.04. The number of aromatic nitrogens is 2. The van der Waals surface area contributed by atoms with Gasteiger partial charge in [0, 0.05) is 6.20 Å². The second-order valence-corrected chi connectivity index (χ2v) is 5.98. The van der Waals surface area contributed by atoms with Crippen LogP contribution in [0, 0.1) is 0 Å². The molecule has 0 unspecified atom stereocenters. The van der Waals surface area contributed by atoms with E-state index in [0.29, 0.717) is 19.3 Å². The Morgan fingerprint density at radius 3 is 2.33 bits per heavy atom. The number of hydrogen-bond donors (Lipinski definition) is 0. The molecule has 0 spiro atoms. The maximum Gasteiger partial charge on any atom is 0.514 e. The Kier molecular flexibility index (Phi) is 2.59. The Hall–Kier alpha value is -0.845. The molecule has 5 nitrogen and oxygen atoms in total. The van der Waals surface area contributed by atoms with E-state index in [0.717, 1.165) is 5.59 Å². The minimum atomic E-state index is -0.349. The molecule has 6 heteroatoms. The summed E-state index contributed by atoms with van der Waals surface area (Å²) in [7, 11) is -0.349. The van der Waals surface area contributed by atoms with E-state index >= 15 is 0 Å². The minimum Gasteiger partial charge on any atom is -0.398 e. The van der Waals surface area contributed by atoms with E-state index in [1.54, 1.807) is 6.20 Å². The van der Waals surface area contributed by atoms with Gasteiger partial charge in [-0.2, -0.15) is 5.10 Å². The lowest BCUT2D eigenvalue weighted by Crippen LogP contribution is -2.45.